The molecule has 3 aromatic rings. The average Bonchev–Trinajstić information content (AvgIpc) is 2.72. The lowest BCUT2D eigenvalue weighted by molar-refractivity contribution is 0.100. The predicted molar refractivity (Wildman–Crippen MR) is 110 cm³/mol. The molecule has 6 nitrogen and oxygen atoms in total. The van der Waals surface area contributed by atoms with Gasteiger partial charge in [0.05, 0.1) is 0 Å². The van der Waals surface area contributed by atoms with Crippen LogP contribution in [0.15, 0.2) is 66.7 Å². The molecular weight excluding hydrogens is 352 g/mol. The lowest BCUT2D eigenvalue weighted by atomic mass is 10.1. The summed E-state index contributed by atoms with van der Waals surface area (Å²) >= 11 is 0. The Kier molecular flexibility index (Phi) is 6.46. The van der Waals surface area contributed by atoms with Gasteiger partial charge in [0, 0.05) is 17.8 Å². The molecule has 0 fully saturated rings. The van der Waals surface area contributed by atoms with Gasteiger partial charge in [0.15, 0.2) is 11.5 Å². The summed E-state index contributed by atoms with van der Waals surface area (Å²) in [5, 5.41) is 14.0. The van der Waals surface area contributed by atoms with Crippen LogP contribution in [0, 0.1) is 0 Å². The third kappa shape index (κ3) is 5.48. The fourth-order valence-corrected chi connectivity index (χ4v) is 2.71. The van der Waals surface area contributed by atoms with Crippen molar-refractivity contribution < 1.29 is 9.59 Å². The number of hydrogen-bond donors (Lipinski definition) is 2. The van der Waals surface area contributed by atoms with Crippen LogP contribution in [0.4, 0.5) is 11.5 Å². The van der Waals surface area contributed by atoms with E-state index in [1.54, 1.807) is 36.4 Å². The van der Waals surface area contributed by atoms with Gasteiger partial charge in [-0.1, -0.05) is 42.5 Å². The van der Waals surface area contributed by atoms with E-state index in [1.165, 1.54) is 12.5 Å². The van der Waals surface area contributed by atoms with E-state index in [-0.39, 0.29) is 17.4 Å². The summed E-state index contributed by atoms with van der Waals surface area (Å²) in [6, 6.07) is 20.4. The van der Waals surface area contributed by atoms with E-state index in [0.717, 1.165) is 19.4 Å². The van der Waals surface area contributed by atoms with Crippen LogP contribution in [-0.4, -0.2) is 28.4 Å². The van der Waals surface area contributed by atoms with E-state index in [1.807, 2.05) is 18.2 Å². The average molecular weight is 374 g/mol. The van der Waals surface area contributed by atoms with E-state index in [9.17, 15) is 9.59 Å². The quantitative estimate of drug-likeness (QED) is 0.460. The monoisotopic (exact) mass is 374 g/mol. The Labute approximate surface area is 164 Å². The number of aryl methyl sites for hydroxylation is 1. The summed E-state index contributed by atoms with van der Waals surface area (Å²) in [4.78, 5) is 23.7. The lowest BCUT2D eigenvalue weighted by Crippen LogP contribution is -2.15. The van der Waals surface area contributed by atoms with Gasteiger partial charge in [-0.2, -0.15) is 0 Å². The van der Waals surface area contributed by atoms with Crippen molar-refractivity contribution in [3.05, 3.63) is 83.6 Å². The number of nitrogens with zero attached hydrogens (tertiary/aromatic N) is 2. The first-order chi connectivity index (χ1) is 13.6. The van der Waals surface area contributed by atoms with Crippen molar-refractivity contribution >= 4 is 23.2 Å². The zero-order valence-corrected chi connectivity index (χ0v) is 15.7. The highest BCUT2D eigenvalue weighted by atomic mass is 16.2. The highest BCUT2D eigenvalue weighted by Crippen LogP contribution is 2.13. The van der Waals surface area contributed by atoms with Crippen molar-refractivity contribution in [2.24, 2.45) is 0 Å². The smallest absolute Gasteiger partial charge is 0.276 e. The van der Waals surface area contributed by atoms with Gasteiger partial charge in [0.25, 0.3) is 5.91 Å². The van der Waals surface area contributed by atoms with E-state index in [4.69, 9.17) is 0 Å². The van der Waals surface area contributed by atoms with Gasteiger partial charge in [-0.3, -0.25) is 9.59 Å². The molecule has 0 bridgehead atoms. The summed E-state index contributed by atoms with van der Waals surface area (Å²) in [7, 11) is 0. The van der Waals surface area contributed by atoms with E-state index < -0.39 is 0 Å². The third-order valence-electron chi connectivity index (χ3n) is 4.22. The van der Waals surface area contributed by atoms with Crippen molar-refractivity contribution in [3.63, 3.8) is 0 Å². The minimum atomic E-state index is -0.371. The van der Waals surface area contributed by atoms with Gasteiger partial charge < -0.3 is 10.6 Å². The van der Waals surface area contributed by atoms with Crippen LogP contribution in [0.25, 0.3) is 0 Å². The summed E-state index contributed by atoms with van der Waals surface area (Å²) in [6.07, 6.45) is 1.96. The maximum absolute atomic E-state index is 12.3. The molecule has 0 aliphatic carbocycles. The minimum absolute atomic E-state index is 0.0569. The molecule has 0 aliphatic heterocycles. The first-order valence-corrected chi connectivity index (χ1v) is 9.16. The fraction of sp³-hybridized carbons (Fsp3) is 0.182. The first kappa shape index (κ1) is 19.2. The molecule has 0 saturated carbocycles. The van der Waals surface area contributed by atoms with Gasteiger partial charge in [-0.25, -0.2) is 0 Å². The van der Waals surface area contributed by atoms with Crippen molar-refractivity contribution in [2.45, 2.75) is 19.8 Å². The van der Waals surface area contributed by atoms with Gasteiger partial charge >= 0.3 is 0 Å². The molecular formula is C22H22N4O2. The van der Waals surface area contributed by atoms with Crippen molar-refractivity contribution in [3.8, 4) is 0 Å². The third-order valence-corrected chi connectivity index (χ3v) is 4.22. The summed E-state index contributed by atoms with van der Waals surface area (Å²) in [5.41, 5.74) is 2.60. The molecule has 142 valence electrons. The number of ketones is 1. The van der Waals surface area contributed by atoms with Gasteiger partial charge in [-0.05, 0) is 49.6 Å². The SMILES string of the molecule is CC(=O)c1cccc(NC(=O)c2ccc(NCCCc3ccccc3)nn2)c1. The number of benzene rings is 2. The Morgan fingerprint density at radius 1 is 0.929 bits per heavy atom. The second kappa shape index (κ2) is 9.41. The number of Topliss-reactive ketones (excluding diaryl/α,β-unsaturated/α-hetero) is 1. The number of aromatic nitrogens is 2. The Morgan fingerprint density at radius 3 is 2.46 bits per heavy atom. The van der Waals surface area contributed by atoms with Crippen LogP contribution < -0.4 is 10.6 Å². The zero-order chi connectivity index (χ0) is 19.8. The standard InChI is InChI=1S/C22H22N4O2/c1-16(27)18-10-5-11-19(15-18)24-22(28)20-12-13-21(26-25-20)23-14-6-9-17-7-3-2-4-8-17/h2-5,7-8,10-13,15H,6,9,14H2,1H3,(H,23,26)(H,24,28). The van der Waals surface area contributed by atoms with Crippen LogP contribution in [0.3, 0.4) is 0 Å². The largest absolute Gasteiger partial charge is 0.369 e. The van der Waals surface area contributed by atoms with Crippen molar-refractivity contribution in [2.75, 3.05) is 17.2 Å². The van der Waals surface area contributed by atoms with E-state index >= 15 is 0 Å². The molecule has 0 atom stereocenters. The zero-order valence-electron chi connectivity index (χ0n) is 15.7. The van der Waals surface area contributed by atoms with Crippen LogP contribution in [0.2, 0.25) is 0 Å². The highest BCUT2D eigenvalue weighted by Gasteiger charge is 2.10. The number of carbonyl (C=O) groups excluding carboxylic acids is 2. The molecule has 1 amide bonds. The minimum Gasteiger partial charge on any atom is -0.369 e. The first-order valence-electron chi connectivity index (χ1n) is 9.16. The number of anilines is 2. The van der Waals surface area contributed by atoms with Gasteiger partial charge in [0.2, 0.25) is 0 Å². The maximum atomic E-state index is 12.3. The topological polar surface area (TPSA) is 84.0 Å². The number of hydrogen-bond acceptors (Lipinski definition) is 5. The van der Waals surface area contributed by atoms with Crippen LogP contribution >= 0.6 is 0 Å². The van der Waals surface area contributed by atoms with E-state index in [0.29, 0.717) is 17.1 Å². The maximum Gasteiger partial charge on any atom is 0.276 e. The van der Waals surface area contributed by atoms with Gasteiger partial charge in [-0.15, -0.1) is 10.2 Å². The molecule has 28 heavy (non-hydrogen) atoms. The van der Waals surface area contributed by atoms with Crippen LogP contribution in [-0.2, 0) is 6.42 Å². The van der Waals surface area contributed by atoms with E-state index in [2.05, 4.69) is 33.0 Å². The van der Waals surface area contributed by atoms with Crippen molar-refractivity contribution in [1.29, 1.82) is 0 Å². The molecule has 3 rings (SSSR count). The fourth-order valence-electron chi connectivity index (χ4n) is 2.71. The Morgan fingerprint density at radius 2 is 1.75 bits per heavy atom. The number of carbonyl (C=O) groups is 2. The Hall–Kier alpha value is -3.54. The Balaban J connectivity index is 1.50. The van der Waals surface area contributed by atoms with Crippen LogP contribution in [0.1, 0.15) is 39.8 Å². The normalized spacial score (nSPS) is 10.3. The number of nitrogens with one attached hydrogen (secondary N) is 2. The van der Waals surface area contributed by atoms with Crippen molar-refractivity contribution in [1.82, 2.24) is 10.2 Å². The molecule has 6 heteroatoms. The molecule has 0 radical (unpaired) electrons. The molecule has 1 aromatic heterocycles. The molecule has 2 N–H and O–H groups in total. The molecule has 2 aromatic carbocycles. The number of rotatable bonds is 8. The second-order valence-corrected chi connectivity index (χ2v) is 6.41. The molecule has 0 unspecified atom stereocenters. The highest BCUT2D eigenvalue weighted by molar-refractivity contribution is 6.03. The number of amides is 1. The summed E-state index contributed by atoms with van der Waals surface area (Å²) in [6.45, 7) is 2.25. The summed E-state index contributed by atoms with van der Waals surface area (Å²) in [5.74, 6) is 0.200. The molecule has 0 saturated heterocycles. The summed E-state index contributed by atoms with van der Waals surface area (Å²) < 4.78 is 0. The van der Waals surface area contributed by atoms with Gasteiger partial charge in [0.1, 0.15) is 5.82 Å². The molecule has 0 spiro atoms. The lowest BCUT2D eigenvalue weighted by Gasteiger charge is -2.07. The predicted octanol–water partition coefficient (Wildman–Crippen LogP) is 3.98. The molecule has 1 heterocycles. The van der Waals surface area contributed by atoms with Crippen LogP contribution in [0.5, 0.6) is 0 Å². The molecule has 0 aliphatic rings. The Bertz CT molecular complexity index is 940. The second-order valence-electron chi connectivity index (χ2n) is 6.41.